The van der Waals surface area contributed by atoms with Crippen molar-refractivity contribution in [3.05, 3.63) is 0 Å². The fourth-order valence-corrected chi connectivity index (χ4v) is 1.68. The predicted octanol–water partition coefficient (Wildman–Crippen LogP) is 1.58. The molecule has 2 atom stereocenters. The van der Waals surface area contributed by atoms with E-state index in [0.29, 0.717) is 18.8 Å². The quantitative estimate of drug-likeness (QED) is 0.574. The minimum Gasteiger partial charge on any atom is -0.300 e. The average Bonchev–Trinajstić information content (AvgIpc) is 1.94. The smallest absolute Gasteiger partial charge is 0.133 e. The number of hydrogen-bond donors (Lipinski definition) is 0. The minimum absolute atomic E-state index is 0.0104. The lowest BCUT2D eigenvalue weighted by molar-refractivity contribution is -0.130. The van der Waals surface area contributed by atoms with E-state index in [1.807, 2.05) is 0 Å². The summed E-state index contributed by atoms with van der Waals surface area (Å²) in [5.41, 5.74) is 0. The van der Waals surface area contributed by atoms with Crippen LogP contribution in [0.15, 0.2) is 0 Å². The van der Waals surface area contributed by atoms with Gasteiger partial charge >= 0.3 is 0 Å². The highest BCUT2D eigenvalue weighted by Crippen LogP contribution is 2.27. The van der Waals surface area contributed by atoms with Crippen molar-refractivity contribution in [3.8, 4) is 0 Å². The number of Topliss-reactive ketones (excluding diaryl/α,β-unsaturated/α-hetero) is 2. The second-order valence-electron chi connectivity index (χ2n) is 3.48. The molecular weight excluding hydrogens is 140 g/mol. The van der Waals surface area contributed by atoms with Gasteiger partial charge in [-0.15, -0.1) is 0 Å². The molecule has 0 spiro atoms. The Morgan fingerprint density at radius 3 is 2.64 bits per heavy atom. The average molecular weight is 154 g/mol. The molecule has 0 aromatic heterocycles. The van der Waals surface area contributed by atoms with Crippen molar-refractivity contribution in [3.63, 3.8) is 0 Å². The molecule has 0 N–H and O–H groups in total. The van der Waals surface area contributed by atoms with Crippen LogP contribution in [-0.2, 0) is 9.59 Å². The second-order valence-corrected chi connectivity index (χ2v) is 3.48. The van der Waals surface area contributed by atoms with Gasteiger partial charge in [0, 0.05) is 18.8 Å². The second kappa shape index (κ2) is 3.16. The highest BCUT2D eigenvalue weighted by molar-refractivity contribution is 5.88. The summed E-state index contributed by atoms with van der Waals surface area (Å²) in [6, 6.07) is 0. The highest BCUT2D eigenvalue weighted by Gasteiger charge is 2.28. The summed E-state index contributed by atoms with van der Waals surface area (Å²) in [6.45, 7) is 3.64. The summed E-state index contributed by atoms with van der Waals surface area (Å²) < 4.78 is 0. The fourth-order valence-electron chi connectivity index (χ4n) is 1.68. The van der Waals surface area contributed by atoms with Crippen molar-refractivity contribution < 1.29 is 9.59 Å². The Bertz CT molecular complexity index is 184. The van der Waals surface area contributed by atoms with Crippen molar-refractivity contribution in [2.75, 3.05) is 0 Å². The van der Waals surface area contributed by atoms with Gasteiger partial charge in [0.05, 0.1) is 0 Å². The molecule has 2 heteroatoms. The zero-order valence-corrected chi connectivity index (χ0v) is 7.09. The van der Waals surface area contributed by atoms with Gasteiger partial charge in [-0.3, -0.25) is 9.59 Å². The van der Waals surface area contributed by atoms with Gasteiger partial charge in [0.2, 0.25) is 0 Å². The Hall–Kier alpha value is -0.660. The van der Waals surface area contributed by atoms with Crippen molar-refractivity contribution in [2.24, 2.45) is 11.8 Å². The van der Waals surface area contributed by atoms with Crippen molar-refractivity contribution in [1.29, 1.82) is 0 Å². The van der Waals surface area contributed by atoms with Gasteiger partial charge in [0.15, 0.2) is 0 Å². The molecule has 2 nitrogen and oxygen atoms in total. The first kappa shape index (κ1) is 8.44. The molecule has 1 saturated carbocycles. The van der Waals surface area contributed by atoms with Gasteiger partial charge in [-0.1, -0.05) is 6.92 Å². The van der Waals surface area contributed by atoms with Crippen LogP contribution >= 0.6 is 0 Å². The van der Waals surface area contributed by atoms with E-state index in [4.69, 9.17) is 0 Å². The van der Waals surface area contributed by atoms with Gasteiger partial charge in [-0.25, -0.2) is 0 Å². The Kier molecular flexibility index (Phi) is 2.42. The van der Waals surface area contributed by atoms with Crippen LogP contribution in [0.5, 0.6) is 0 Å². The summed E-state index contributed by atoms with van der Waals surface area (Å²) in [5.74, 6) is 0.843. The number of carbonyl (C=O) groups is 2. The summed E-state index contributed by atoms with van der Waals surface area (Å²) in [5, 5.41) is 0. The lowest BCUT2D eigenvalue weighted by Gasteiger charge is -2.25. The third-order valence-corrected chi connectivity index (χ3v) is 2.54. The first-order chi connectivity index (χ1) is 5.11. The molecular formula is C9H14O2. The largest absolute Gasteiger partial charge is 0.300 e. The molecule has 0 bridgehead atoms. The summed E-state index contributed by atoms with van der Waals surface area (Å²) >= 11 is 0. The van der Waals surface area contributed by atoms with Crippen LogP contribution in [-0.4, -0.2) is 11.6 Å². The van der Waals surface area contributed by atoms with E-state index >= 15 is 0 Å². The summed E-state index contributed by atoms with van der Waals surface area (Å²) in [6.07, 6.45) is 2.05. The molecule has 0 heterocycles. The molecule has 1 aliphatic rings. The van der Waals surface area contributed by atoms with Gasteiger partial charge in [0.25, 0.3) is 0 Å². The molecule has 0 aliphatic heterocycles. The number of rotatable bonds is 1. The summed E-state index contributed by atoms with van der Waals surface area (Å²) in [7, 11) is 0. The maximum atomic E-state index is 11.0. The number of hydrogen-bond acceptors (Lipinski definition) is 2. The van der Waals surface area contributed by atoms with Crippen LogP contribution in [0.25, 0.3) is 0 Å². The minimum atomic E-state index is 0.0104. The molecule has 1 fully saturated rings. The normalized spacial score (nSPS) is 32.0. The number of ketones is 2. The Morgan fingerprint density at radius 2 is 2.18 bits per heavy atom. The molecule has 11 heavy (non-hydrogen) atoms. The van der Waals surface area contributed by atoms with Gasteiger partial charge in [-0.2, -0.15) is 0 Å². The van der Waals surface area contributed by atoms with Crippen LogP contribution < -0.4 is 0 Å². The van der Waals surface area contributed by atoms with Crippen LogP contribution in [0.3, 0.4) is 0 Å². The Balaban J connectivity index is 2.61. The third kappa shape index (κ3) is 1.88. The Labute approximate surface area is 67.0 Å². The zero-order chi connectivity index (χ0) is 8.43. The molecule has 0 aromatic rings. The van der Waals surface area contributed by atoms with E-state index in [1.165, 1.54) is 0 Å². The van der Waals surface area contributed by atoms with Crippen LogP contribution in [0.4, 0.5) is 0 Å². The molecule has 0 unspecified atom stereocenters. The highest BCUT2D eigenvalue weighted by atomic mass is 16.1. The first-order valence-electron chi connectivity index (χ1n) is 4.13. The molecule has 62 valence electrons. The zero-order valence-electron chi connectivity index (χ0n) is 7.09. The SMILES string of the molecule is CC(=O)[C@@H]1CC(=O)CC[C@H]1C. The maximum absolute atomic E-state index is 11.0. The van der Waals surface area contributed by atoms with E-state index < -0.39 is 0 Å². The lowest BCUT2D eigenvalue weighted by Crippen LogP contribution is -2.27. The van der Waals surface area contributed by atoms with Crippen LogP contribution in [0, 0.1) is 11.8 Å². The van der Waals surface area contributed by atoms with Crippen LogP contribution in [0.2, 0.25) is 0 Å². The monoisotopic (exact) mass is 154 g/mol. The predicted molar refractivity (Wildman–Crippen MR) is 42.2 cm³/mol. The van der Waals surface area contributed by atoms with Gasteiger partial charge in [-0.05, 0) is 19.3 Å². The van der Waals surface area contributed by atoms with Crippen LogP contribution in [0.1, 0.15) is 33.1 Å². The standard InChI is InChI=1S/C9H14O2/c1-6-3-4-8(11)5-9(6)7(2)10/h6,9H,3-5H2,1-2H3/t6-,9-/m1/s1. The summed E-state index contributed by atoms with van der Waals surface area (Å²) in [4.78, 5) is 22.0. The van der Waals surface area contributed by atoms with Gasteiger partial charge < -0.3 is 0 Å². The molecule has 1 aliphatic carbocycles. The molecule has 0 radical (unpaired) electrons. The molecule has 0 saturated heterocycles. The fraction of sp³-hybridized carbons (Fsp3) is 0.778. The van der Waals surface area contributed by atoms with Crippen molar-refractivity contribution in [2.45, 2.75) is 33.1 Å². The topological polar surface area (TPSA) is 34.1 Å². The van der Waals surface area contributed by atoms with E-state index in [1.54, 1.807) is 6.92 Å². The third-order valence-electron chi connectivity index (χ3n) is 2.54. The molecule has 0 aromatic carbocycles. The van der Waals surface area contributed by atoms with E-state index in [0.717, 1.165) is 6.42 Å². The van der Waals surface area contributed by atoms with Gasteiger partial charge in [0.1, 0.15) is 11.6 Å². The lowest BCUT2D eigenvalue weighted by atomic mass is 9.78. The maximum Gasteiger partial charge on any atom is 0.133 e. The Morgan fingerprint density at radius 1 is 1.55 bits per heavy atom. The first-order valence-corrected chi connectivity index (χ1v) is 4.13. The van der Waals surface area contributed by atoms with E-state index in [9.17, 15) is 9.59 Å². The van der Waals surface area contributed by atoms with E-state index in [-0.39, 0.29) is 17.5 Å². The van der Waals surface area contributed by atoms with Crippen molar-refractivity contribution >= 4 is 11.6 Å². The molecule has 0 amide bonds. The van der Waals surface area contributed by atoms with Crippen molar-refractivity contribution in [1.82, 2.24) is 0 Å². The molecule has 1 rings (SSSR count). The van der Waals surface area contributed by atoms with E-state index in [2.05, 4.69) is 6.92 Å². The number of carbonyl (C=O) groups excluding carboxylic acids is 2.